The standard InChI is InChI=1S/C22H27FN2O2/c23-18-14-16-20(17-15-18)25-22(27)13-9-4-2-1-3-8-12-21(26)24-19-10-6-5-7-11-19/h5-7,10-11,14-17H,1-4,8-9,12-13H2,(H,24,26)(H,25,27). The van der Waals surface area contributed by atoms with E-state index in [-0.39, 0.29) is 17.6 Å². The van der Waals surface area contributed by atoms with Crippen LogP contribution in [0.15, 0.2) is 54.6 Å². The number of para-hydroxylation sites is 1. The van der Waals surface area contributed by atoms with Gasteiger partial charge in [0.05, 0.1) is 0 Å². The number of hydrogen-bond acceptors (Lipinski definition) is 2. The lowest BCUT2D eigenvalue weighted by atomic mass is 10.1. The van der Waals surface area contributed by atoms with Crippen molar-refractivity contribution in [3.05, 3.63) is 60.4 Å². The van der Waals surface area contributed by atoms with Crippen LogP contribution in [0.4, 0.5) is 15.8 Å². The van der Waals surface area contributed by atoms with Crippen LogP contribution in [0.5, 0.6) is 0 Å². The molecule has 0 aliphatic carbocycles. The zero-order valence-corrected chi connectivity index (χ0v) is 15.5. The molecule has 2 amide bonds. The van der Waals surface area contributed by atoms with Gasteiger partial charge >= 0.3 is 0 Å². The van der Waals surface area contributed by atoms with Crippen LogP contribution in [0.3, 0.4) is 0 Å². The number of benzene rings is 2. The number of hydrogen-bond donors (Lipinski definition) is 2. The Morgan fingerprint density at radius 2 is 1.07 bits per heavy atom. The molecular formula is C22H27FN2O2. The van der Waals surface area contributed by atoms with Gasteiger partial charge in [0.25, 0.3) is 0 Å². The van der Waals surface area contributed by atoms with Crippen LogP contribution < -0.4 is 10.6 Å². The molecule has 5 heteroatoms. The highest BCUT2D eigenvalue weighted by molar-refractivity contribution is 5.91. The Bertz CT molecular complexity index is 702. The van der Waals surface area contributed by atoms with Crippen molar-refractivity contribution in [3.8, 4) is 0 Å². The molecule has 0 aliphatic rings. The van der Waals surface area contributed by atoms with E-state index in [4.69, 9.17) is 0 Å². The van der Waals surface area contributed by atoms with Crippen molar-refractivity contribution >= 4 is 23.2 Å². The van der Waals surface area contributed by atoms with Crippen LogP contribution in [0.1, 0.15) is 51.4 Å². The van der Waals surface area contributed by atoms with Crippen molar-refractivity contribution in [3.63, 3.8) is 0 Å². The lowest BCUT2D eigenvalue weighted by Crippen LogP contribution is -2.11. The number of rotatable bonds is 11. The SMILES string of the molecule is O=C(CCCCCCCCC(=O)Nc1ccc(F)cc1)Nc1ccccc1. The summed E-state index contributed by atoms with van der Waals surface area (Å²) in [7, 11) is 0. The van der Waals surface area contributed by atoms with Crippen molar-refractivity contribution in [2.75, 3.05) is 10.6 Å². The van der Waals surface area contributed by atoms with Gasteiger partial charge in [0, 0.05) is 24.2 Å². The normalized spacial score (nSPS) is 10.4. The highest BCUT2D eigenvalue weighted by atomic mass is 19.1. The van der Waals surface area contributed by atoms with Crippen LogP contribution in [-0.4, -0.2) is 11.8 Å². The molecule has 0 heterocycles. The van der Waals surface area contributed by atoms with Gasteiger partial charge in [0.2, 0.25) is 11.8 Å². The van der Waals surface area contributed by atoms with Crippen LogP contribution in [0.2, 0.25) is 0 Å². The van der Waals surface area contributed by atoms with Crippen LogP contribution in [-0.2, 0) is 9.59 Å². The lowest BCUT2D eigenvalue weighted by molar-refractivity contribution is -0.117. The monoisotopic (exact) mass is 370 g/mol. The summed E-state index contributed by atoms with van der Waals surface area (Å²) in [5, 5.41) is 5.65. The number of carbonyl (C=O) groups excluding carboxylic acids is 2. The van der Waals surface area contributed by atoms with E-state index in [2.05, 4.69) is 10.6 Å². The Morgan fingerprint density at radius 1 is 0.630 bits per heavy atom. The van der Waals surface area contributed by atoms with Gasteiger partial charge in [-0.2, -0.15) is 0 Å². The molecule has 0 bridgehead atoms. The van der Waals surface area contributed by atoms with Gasteiger partial charge < -0.3 is 10.6 Å². The van der Waals surface area contributed by atoms with E-state index in [1.807, 2.05) is 30.3 Å². The molecule has 0 aliphatic heterocycles. The maximum absolute atomic E-state index is 12.8. The predicted octanol–water partition coefficient (Wildman–Crippen LogP) is 5.52. The Morgan fingerprint density at radius 3 is 1.59 bits per heavy atom. The van der Waals surface area contributed by atoms with Crippen molar-refractivity contribution < 1.29 is 14.0 Å². The molecular weight excluding hydrogens is 343 g/mol. The van der Waals surface area contributed by atoms with E-state index >= 15 is 0 Å². The molecule has 0 unspecified atom stereocenters. The molecule has 0 radical (unpaired) electrons. The van der Waals surface area contributed by atoms with E-state index in [0.717, 1.165) is 44.2 Å². The van der Waals surface area contributed by atoms with E-state index in [1.54, 1.807) is 12.1 Å². The number of anilines is 2. The Kier molecular flexibility index (Phi) is 9.04. The summed E-state index contributed by atoms with van der Waals surface area (Å²) in [5.41, 5.74) is 1.46. The molecule has 0 saturated heterocycles. The predicted molar refractivity (Wildman–Crippen MR) is 107 cm³/mol. The zero-order valence-electron chi connectivity index (χ0n) is 15.5. The van der Waals surface area contributed by atoms with Crippen molar-refractivity contribution in [2.24, 2.45) is 0 Å². The van der Waals surface area contributed by atoms with Crippen molar-refractivity contribution in [2.45, 2.75) is 51.4 Å². The maximum Gasteiger partial charge on any atom is 0.224 e. The fourth-order valence-corrected chi connectivity index (χ4v) is 2.78. The topological polar surface area (TPSA) is 58.2 Å². The number of halogens is 1. The second-order valence-corrected chi connectivity index (χ2v) is 6.59. The highest BCUT2D eigenvalue weighted by Crippen LogP contribution is 2.12. The molecule has 144 valence electrons. The first-order valence-corrected chi connectivity index (χ1v) is 9.54. The quantitative estimate of drug-likeness (QED) is 0.511. The van der Waals surface area contributed by atoms with E-state index in [1.165, 1.54) is 12.1 Å². The Hall–Kier alpha value is -2.69. The maximum atomic E-state index is 12.8. The van der Waals surface area contributed by atoms with Crippen LogP contribution in [0, 0.1) is 5.82 Å². The van der Waals surface area contributed by atoms with Gasteiger partial charge in [-0.3, -0.25) is 9.59 Å². The summed E-state index contributed by atoms with van der Waals surface area (Å²) >= 11 is 0. The third-order valence-corrected chi connectivity index (χ3v) is 4.24. The summed E-state index contributed by atoms with van der Waals surface area (Å²) in [4.78, 5) is 23.6. The third kappa shape index (κ3) is 8.99. The summed E-state index contributed by atoms with van der Waals surface area (Å²) in [6, 6.07) is 15.2. The fourth-order valence-electron chi connectivity index (χ4n) is 2.78. The molecule has 0 atom stereocenters. The summed E-state index contributed by atoms with van der Waals surface area (Å²) in [6.45, 7) is 0. The van der Waals surface area contributed by atoms with E-state index in [9.17, 15) is 14.0 Å². The summed E-state index contributed by atoms with van der Waals surface area (Å²) in [6.07, 6.45) is 6.86. The highest BCUT2D eigenvalue weighted by Gasteiger charge is 2.04. The van der Waals surface area contributed by atoms with Gasteiger partial charge in [-0.1, -0.05) is 43.9 Å². The average Bonchev–Trinajstić information content (AvgIpc) is 2.66. The van der Waals surface area contributed by atoms with Gasteiger partial charge in [-0.25, -0.2) is 4.39 Å². The average molecular weight is 370 g/mol. The van der Waals surface area contributed by atoms with Gasteiger partial charge in [-0.05, 0) is 49.2 Å². The number of nitrogens with one attached hydrogen (secondary N) is 2. The number of carbonyl (C=O) groups is 2. The van der Waals surface area contributed by atoms with Gasteiger partial charge in [0.1, 0.15) is 5.82 Å². The van der Waals surface area contributed by atoms with Gasteiger partial charge in [0.15, 0.2) is 0 Å². The molecule has 2 aromatic carbocycles. The smallest absolute Gasteiger partial charge is 0.224 e. The number of unbranched alkanes of at least 4 members (excludes halogenated alkanes) is 5. The minimum absolute atomic E-state index is 0.0424. The van der Waals surface area contributed by atoms with Crippen LogP contribution >= 0.6 is 0 Å². The van der Waals surface area contributed by atoms with E-state index in [0.29, 0.717) is 18.5 Å². The fraction of sp³-hybridized carbons (Fsp3) is 0.364. The summed E-state index contributed by atoms with van der Waals surface area (Å²) < 4.78 is 12.8. The molecule has 0 saturated carbocycles. The minimum Gasteiger partial charge on any atom is -0.326 e. The largest absolute Gasteiger partial charge is 0.326 e. The first-order valence-electron chi connectivity index (χ1n) is 9.54. The second-order valence-electron chi connectivity index (χ2n) is 6.59. The molecule has 0 aromatic heterocycles. The summed E-state index contributed by atoms with van der Waals surface area (Å²) in [5.74, 6) is -0.302. The molecule has 27 heavy (non-hydrogen) atoms. The number of amides is 2. The van der Waals surface area contributed by atoms with Crippen LogP contribution in [0.25, 0.3) is 0 Å². The molecule has 0 spiro atoms. The van der Waals surface area contributed by atoms with Crippen molar-refractivity contribution in [1.29, 1.82) is 0 Å². The third-order valence-electron chi connectivity index (χ3n) is 4.24. The molecule has 0 fully saturated rings. The molecule has 2 N–H and O–H groups in total. The van der Waals surface area contributed by atoms with Crippen molar-refractivity contribution in [1.82, 2.24) is 0 Å². The van der Waals surface area contributed by atoms with E-state index < -0.39 is 0 Å². The lowest BCUT2D eigenvalue weighted by Gasteiger charge is -2.06. The Balaban J connectivity index is 1.44. The minimum atomic E-state index is -0.314. The molecule has 4 nitrogen and oxygen atoms in total. The first kappa shape index (κ1) is 20.6. The van der Waals surface area contributed by atoms with Gasteiger partial charge in [-0.15, -0.1) is 0 Å². The second kappa shape index (κ2) is 11.8. The Labute approximate surface area is 160 Å². The molecule has 2 aromatic rings. The zero-order chi connectivity index (χ0) is 19.3. The first-order chi connectivity index (χ1) is 13.1. The molecule has 2 rings (SSSR count).